The zero-order valence-electron chi connectivity index (χ0n) is 15.2. The molecule has 0 saturated carbocycles. The summed E-state index contributed by atoms with van der Waals surface area (Å²) >= 11 is 1.50. The first kappa shape index (κ1) is 18.8. The maximum Gasteiger partial charge on any atom is 0.325 e. The van der Waals surface area contributed by atoms with Gasteiger partial charge in [-0.05, 0) is 26.0 Å². The SMILES string of the molecule is Cc1ccc(C(=O)NCC(=O)OCc2csc(-c3ccc(C)cc3)n2)cc1. The molecule has 0 unspecified atom stereocenters. The first-order chi connectivity index (χ1) is 13.0. The van der Waals surface area contributed by atoms with Crippen molar-refractivity contribution >= 4 is 23.2 Å². The lowest BCUT2D eigenvalue weighted by Gasteiger charge is -2.06. The fourth-order valence-electron chi connectivity index (χ4n) is 2.37. The molecular formula is C21H20N2O3S. The predicted molar refractivity (Wildman–Crippen MR) is 106 cm³/mol. The number of thiazole rings is 1. The Morgan fingerprint density at radius 1 is 1.00 bits per heavy atom. The van der Waals surface area contributed by atoms with Crippen LogP contribution in [0.1, 0.15) is 27.2 Å². The number of rotatable bonds is 6. The second-order valence-electron chi connectivity index (χ2n) is 6.22. The lowest BCUT2D eigenvalue weighted by atomic mass is 10.1. The van der Waals surface area contributed by atoms with Crippen molar-refractivity contribution in [2.45, 2.75) is 20.5 Å². The molecule has 1 amide bonds. The fourth-order valence-corrected chi connectivity index (χ4v) is 3.18. The van der Waals surface area contributed by atoms with Gasteiger partial charge in [-0.15, -0.1) is 11.3 Å². The third kappa shape index (κ3) is 5.24. The highest BCUT2D eigenvalue weighted by Gasteiger charge is 2.10. The fraction of sp³-hybridized carbons (Fsp3) is 0.190. The van der Waals surface area contributed by atoms with Crippen LogP contribution in [0.15, 0.2) is 53.9 Å². The number of hydrogen-bond donors (Lipinski definition) is 1. The standard InChI is InChI=1S/C21H20N2O3S/c1-14-3-7-16(8-4-14)20(25)22-11-19(24)26-12-18-13-27-21(23-18)17-9-5-15(2)6-10-17/h3-10,13H,11-12H2,1-2H3,(H,22,25). The van der Waals surface area contributed by atoms with Gasteiger partial charge in [0.1, 0.15) is 18.2 Å². The average molecular weight is 380 g/mol. The third-order valence-electron chi connectivity index (χ3n) is 3.94. The quantitative estimate of drug-likeness (QED) is 0.659. The first-order valence-corrected chi connectivity index (χ1v) is 9.41. The summed E-state index contributed by atoms with van der Waals surface area (Å²) in [5.74, 6) is -0.803. The number of ether oxygens (including phenoxy) is 1. The first-order valence-electron chi connectivity index (χ1n) is 8.53. The second kappa shape index (κ2) is 8.60. The number of benzene rings is 2. The molecule has 138 valence electrons. The van der Waals surface area contributed by atoms with Crippen molar-refractivity contribution in [1.29, 1.82) is 0 Å². The molecule has 0 spiro atoms. The highest BCUT2D eigenvalue weighted by atomic mass is 32.1. The molecule has 0 radical (unpaired) electrons. The van der Waals surface area contributed by atoms with Gasteiger partial charge in [-0.25, -0.2) is 4.98 Å². The van der Waals surface area contributed by atoms with Gasteiger partial charge >= 0.3 is 5.97 Å². The lowest BCUT2D eigenvalue weighted by Crippen LogP contribution is -2.30. The van der Waals surface area contributed by atoms with E-state index in [9.17, 15) is 9.59 Å². The Balaban J connectivity index is 1.47. The van der Waals surface area contributed by atoms with Crippen LogP contribution in [0.4, 0.5) is 0 Å². The van der Waals surface area contributed by atoms with Gasteiger partial charge in [0.25, 0.3) is 5.91 Å². The van der Waals surface area contributed by atoms with E-state index in [0.29, 0.717) is 11.3 Å². The number of carbonyl (C=O) groups excluding carboxylic acids is 2. The van der Waals surface area contributed by atoms with Gasteiger partial charge in [-0.3, -0.25) is 9.59 Å². The van der Waals surface area contributed by atoms with Gasteiger partial charge in [0.2, 0.25) is 0 Å². The summed E-state index contributed by atoms with van der Waals surface area (Å²) in [6.45, 7) is 3.89. The Morgan fingerprint density at radius 2 is 1.63 bits per heavy atom. The molecule has 0 aliphatic heterocycles. The molecule has 2 aromatic carbocycles. The molecule has 6 heteroatoms. The molecule has 0 aliphatic rings. The van der Waals surface area contributed by atoms with E-state index in [1.807, 2.05) is 55.6 Å². The van der Waals surface area contributed by atoms with E-state index < -0.39 is 5.97 Å². The van der Waals surface area contributed by atoms with E-state index in [2.05, 4.69) is 10.3 Å². The maximum absolute atomic E-state index is 12.0. The van der Waals surface area contributed by atoms with Crippen molar-refractivity contribution in [2.24, 2.45) is 0 Å². The highest BCUT2D eigenvalue weighted by Crippen LogP contribution is 2.24. The van der Waals surface area contributed by atoms with Crippen LogP contribution in [0.2, 0.25) is 0 Å². The smallest absolute Gasteiger partial charge is 0.325 e. The van der Waals surface area contributed by atoms with E-state index in [4.69, 9.17) is 4.74 Å². The number of carbonyl (C=O) groups is 2. The molecule has 27 heavy (non-hydrogen) atoms. The van der Waals surface area contributed by atoms with Crippen molar-refractivity contribution in [3.05, 3.63) is 76.3 Å². The Bertz CT molecular complexity index is 931. The number of aromatic nitrogens is 1. The van der Waals surface area contributed by atoms with E-state index in [-0.39, 0.29) is 19.1 Å². The number of nitrogens with one attached hydrogen (secondary N) is 1. The summed E-state index contributed by atoms with van der Waals surface area (Å²) in [7, 11) is 0. The molecule has 3 aromatic rings. The monoisotopic (exact) mass is 380 g/mol. The van der Waals surface area contributed by atoms with Gasteiger partial charge in [-0.2, -0.15) is 0 Å². The van der Waals surface area contributed by atoms with E-state index in [0.717, 1.165) is 16.1 Å². The van der Waals surface area contributed by atoms with E-state index in [1.165, 1.54) is 16.9 Å². The van der Waals surface area contributed by atoms with Gasteiger partial charge in [0.15, 0.2) is 0 Å². The normalized spacial score (nSPS) is 10.4. The maximum atomic E-state index is 12.0. The number of esters is 1. The minimum absolute atomic E-state index is 0.0849. The molecule has 1 N–H and O–H groups in total. The van der Waals surface area contributed by atoms with Crippen molar-refractivity contribution in [3.63, 3.8) is 0 Å². The number of amides is 1. The molecule has 0 bridgehead atoms. The molecule has 3 rings (SSSR count). The minimum atomic E-state index is -0.500. The zero-order valence-corrected chi connectivity index (χ0v) is 16.0. The number of aryl methyl sites for hydroxylation is 2. The summed E-state index contributed by atoms with van der Waals surface area (Å²) < 4.78 is 5.19. The molecule has 1 aromatic heterocycles. The summed E-state index contributed by atoms with van der Waals surface area (Å²) in [6, 6.07) is 15.2. The largest absolute Gasteiger partial charge is 0.458 e. The Hall–Kier alpha value is -2.99. The Labute approximate surface area is 162 Å². The molecular weight excluding hydrogens is 360 g/mol. The molecule has 5 nitrogen and oxygen atoms in total. The number of nitrogens with zero attached hydrogens (tertiary/aromatic N) is 1. The van der Waals surface area contributed by atoms with E-state index in [1.54, 1.807) is 12.1 Å². The van der Waals surface area contributed by atoms with Crippen LogP contribution in [-0.4, -0.2) is 23.4 Å². The summed E-state index contributed by atoms with van der Waals surface area (Å²) in [6.07, 6.45) is 0. The van der Waals surface area contributed by atoms with E-state index >= 15 is 0 Å². The second-order valence-corrected chi connectivity index (χ2v) is 7.08. The molecule has 1 heterocycles. The van der Waals surface area contributed by atoms with Crippen molar-refractivity contribution in [1.82, 2.24) is 10.3 Å². The summed E-state index contributed by atoms with van der Waals surface area (Å²) in [4.78, 5) is 28.3. The van der Waals surface area contributed by atoms with Crippen LogP contribution in [0.25, 0.3) is 10.6 Å². The van der Waals surface area contributed by atoms with Crippen LogP contribution in [0.5, 0.6) is 0 Å². The highest BCUT2D eigenvalue weighted by molar-refractivity contribution is 7.13. The van der Waals surface area contributed by atoms with Gasteiger partial charge in [0, 0.05) is 16.5 Å². The summed E-state index contributed by atoms with van der Waals surface area (Å²) in [5.41, 5.74) is 4.49. The molecule has 0 fully saturated rings. The van der Waals surface area contributed by atoms with Crippen LogP contribution in [0.3, 0.4) is 0 Å². The van der Waals surface area contributed by atoms with Gasteiger partial charge < -0.3 is 10.1 Å². The predicted octanol–water partition coefficient (Wildman–Crippen LogP) is 3.90. The van der Waals surface area contributed by atoms with Crippen LogP contribution in [0, 0.1) is 13.8 Å². The van der Waals surface area contributed by atoms with Crippen LogP contribution in [-0.2, 0) is 16.1 Å². The third-order valence-corrected chi connectivity index (χ3v) is 4.88. The van der Waals surface area contributed by atoms with Crippen LogP contribution < -0.4 is 5.32 Å². The Kier molecular flexibility index (Phi) is 5.98. The van der Waals surface area contributed by atoms with Gasteiger partial charge in [0.05, 0.1) is 5.69 Å². The molecule has 0 saturated heterocycles. The van der Waals surface area contributed by atoms with Gasteiger partial charge in [-0.1, -0.05) is 47.5 Å². The van der Waals surface area contributed by atoms with Crippen molar-refractivity contribution in [2.75, 3.05) is 6.54 Å². The van der Waals surface area contributed by atoms with Crippen LogP contribution >= 0.6 is 11.3 Å². The lowest BCUT2D eigenvalue weighted by molar-refractivity contribution is -0.143. The van der Waals surface area contributed by atoms with Crippen molar-refractivity contribution < 1.29 is 14.3 Å². The zero-order chi connectivity index (χ0) is 19.2. The van der Waals surface area contributed by atoms with Crippen molar-refractivity contribution in [3.8, 4) is 10.6 Å². The summed E-state index contributed by atoms with van der Waals surface area (Å²) in [5, 5.41) is 5.31. The average Bonchev–Trinajstić information content (AvgIpc) is 3.14. The molecule has 0 atom stereocenters. The molecule has 0 aliphatic carbocycles. The minimum Gasteiger partial charge on any atom is -0.458 e. The number of hydrogen-bond acceptors (Lipinski definition) is 5. The Morgan fingerprint density at radius 3 is 2.30 bits per heavy atom. The topological polar surface area (TPSA) is 68.3 Å².